The summed E-state index contributed by atoms with van der Waals surface area (Å²) in [6.07, 6.45) is 4.19. The zero-order valence-electron chi connectivity index (χ0n) is 17.8. The van der Waals surface area contributed by atoms with Crippen LogP contribution in [0.5, 0.6) is 0 Å². The molecule has 1 N–H and O–H groups in total. The molecule has 0 radical (unpaired) electrons. The third kappa shape index (κ3) is 4.00. The second kappa shape index (κ2) is 8.90. The van der Waals surface area contributed by atoms with Crippen LogP contribution in [-0.2, 0) is 17.8 Å². The first kappa shape index (κ1) is 20.4. The molecule has 5 rings (SSSR count). The Morgan fingerprint density at radius 3 is 2.62 bits per heavy atom. The van der Waals surface area contributed by atoms with E-state index in [1.807, 2.05) is 28.7 Å². The van der Waals surface area contributed by atoms with Crippen molar-refractivity contribution in [3.8, 4) is 0 Å². The van der Waals surface area contributed by atoms with Crippen LogP contribution in [0.4, 0.5) is 10.2 Å². The van der Waals surface area contributed by atoms with E-state index < -0.39 is 0 Å². The number of carbonyl (C=O) groups excluding carboxylic acids is 1. The second-order valence-corrected chi connectivity index (χ2v) is 8.12. The van der Waals surface area contributed by atoms with Gasteiger partial charge in [-0.3, -0.25) is 9.20 Å². The van der Waals surface area contributed by atoms with Gasteiger partial charge in [0.2, 0.25) is 11.6 Å². The van der Waals surface area contributed by atoms with Gasteiger partial charge in [-0.15, -0.1) is 10.2 Å². The molecule has 164 valence electrons. The van der Waals surface area contributed by atoms with E-state index in [-0.39, 0.29) is 24.7 Å². The Morgan fingerprint density at radius 1 is 1.00 bits per heavy atom. The third-order valence-corrected chi connectivity index (χ3v) is 5.94. The summed E-state index contributed by atoms with van der Waals surface area (Å²) in [5.41, 5.74) is 3.00. The van der Waals surface area contributed by atoms with Crippen molar-refractivity contribution in [1.29, 1.82) is 0 Å². The lowest BCUT2D eigenvalue weighted by Gasteiger charge is -2.28. The fourth-order valence-corrected chi connectivity index (χ4v) is 4.26. The van der Waals surface area contributed by atoms with Gasteiger partial charge in [0.15, 0.2) is 5.82 Å². The minimum Gasteiger partial charge on any atom is -0.353 e. The molecule has 1 fully saturated rings. The Balaban J connectivity index is 1.39. The molecule has 0 saturated carbocycles. The summed E-state index contributed by atoms with van der Waals surface area (Å²) in [6, 6.07) is 14.4. The predicted molar refractivity (Wildman–Crippen MR) is 121 cm³/mol. The van der Waals surface area contributed by atoms with Crippen molar-refractivity contribution in [2.24, 2.45) is 0 Å². The molecule has 1 aliphatic heterocycles. The molecule has 3 heterocycles. The van der Waals surface area contributed by atoms with Gasteiger partial charge in [0, 0.05) is 38.0 Å². The number of benzene rings is 2. The maximum absolute atomic E-state index is 13.8. The maximum atomic E-state index is 13.8. The number of anilines is 1. The van der Waals surface area contributed by atoms with Gasteiger partial charge in [0.1, 0.15) is 11.6 Å². The molecule has 2 aromatic heterocycles. The van der Waals surface area contributed by atoms with Gasteiger partial charge >= 0.3 is 0 Å². The van der Waals surface area contributed by atoms with Gasteiger partial charge in [-0.1, -0.05) is 30.3 Å². The Hall–Kier alpha value is -3.55. The van der Waals surface area contributed by atoms with Crippen LogP contribution in [-0.4, -0.2) is 38.6 Å². The Labute approximate surface area is 185 Å². The summed E-state index contributed by atoms with van der Waals surface area (Å²) < 4.78 is 15.8. The molecule has 1 aliphatic rings. The summed E-state index contributed by atoms with van der Waals surface area (Å²) >= 11 is 0. The molecule has 7 nitrogen and oxygen atoms in total. The maximum Gasteiger partial charge on any atom is 0.220 e. The van der Waals surface area contributed by atoms with Gasteiger partial charge in [-0.2, -0.15) is 0 Å². The molecule has 32 heavy (non-hydrogen) atoms. The quantitative estimate of drug-likeness (QED) is 0.503. The van der Waals surface area contributed by atoms with Gasteiger partial charge in [0.05, 0.1) is 11.0 Å². The summed E-state index contributed by atoms with van der Waals surface area (Å²) in [4.78, 5) is 19.6. The molecule has 0 bridgehead atoms. The molecule has 0 aliphatic carbocycles. The van der Waals surface area contributed by atoms with E-state index in [0.29, 0.717) is 12.0 Å². The van der Waals surface area contributed by atoms with Crippen LogP contribution in [0.3, 0.4) is 0 Å². The number of piperidine rings is 1. The van der Waals surface area contributed by atoms with Crippen molar-refractivity contribution in [1.82, 2.24) is 24.9 Å². The van der Waals surface area contributed by atoms with Crippen LogP contribution in [0.2, 0.25) is 0 Å². The first-order valence-corrected chi connectivity index (χ1v) is 11.1. The number of amides is 1. The monoisotopic (exact) mass is 432 g/mol. The van der Waals surface area contributed by atoms with Crippen molar-refractivity contribution >= 4 is 28.4 Å². The number of hydrogen-bond acceptors (Lipinski definition) is 5. The van der Waals surface area contributed by atoms with Crippen molar-refractivity contribution in [3.05, 3.63) is 65.7 Å². The van der Waals surface area contributed by atoms with Gasteiger partial charge < -0.3 is 10.2 Å². The highest BCUT2D eigenvalue weighted by Gasteiger charge is 2.21. The average Bonchev–Trinajstić information content (AvgIpc) is 3.27. The number of fused-ring (bicyclic) bond motifs is 3. The zero-order valence-corrected chi connectivity index (χ0v) is 17.8. The Kier molecular flexibility index (Phi) is 5.66. The molecule has 0 spiro atoms. The normalized spacial score (nSPS) is 14.2. The summed E-state index contributed by atoms with van der Waals surface area (Å²) in [7, 11) is 0. The molecular weight excluding hydrogens is 407 g/mol. The van der Waals surface area contributed by atoms with E-state index in [1.165, 1.54) is 12.5 Å². The van der Waals surface area contributed by atoms with Gasteiger partial charge in [-0.05, 0) is 37.5 Å². The first-order valence-electron chi connectivity index (χ1n) is 11.1. The molecule has 8 heteroatoms. The van der Waals surface area contributed by atoms with Crippen LogP contribution in [0.1, 0.15) is 37.1 Å². The first-order chi connectivity index (χ1) is 15.7. The van der Waals surface area contributed by atoms with Crippen LogP contribution in [0.25, 0.3) is 16.7 Å². The SMILES string of the molecule is O=C(CCc1nnc2c(N3CCCCC3)nc3ccccc3n12)NCc1ccccc1F. The van der Waals surface area contributed by atoms with E-state index in [2.05, 4.69) is 20.4 Å². The lowest BCUT2D eigenvalue weighted by atomic mass is 10.1. The van der Waals surface area contributed by atoms with Crippen LogP contribution in [0.15, 0.2) is 48.5 Å². The van der Waals surface area contributed by atoms with E-state index in [9.17, 15) is 9.18 Å². The third-order valence-electron chi connectivity index (χ3n) is 5.94. The topological polar surface area (TPSA) is 75.4 Å². The lowest BCUT2D eigenvalue weighted by molar-refractivity contribution is -0.121. The summed E-state index contributed by atoms with van der Waals surface area (Å²) in [6.45, 7) is 2.08. The van der Waals surface area contributed by atoms with E-state index in [1.54, 1.807) is 18.2 Å². The molecule has 1 amide bonds. The zero-order chi connectivity index (χ0) is 21.9. The molecule has 0 atom stereocenters. The van der Waals surface area contributed by atoms with Crippen LogP contribution >= 0.6 is 0 Å². The largest absolute Gasteiger partial charge is 0.353 e. The minimum atomic E-state index is -0.319. The lowest BCUT2D eigenvalue weighted by Crippen LogP contribution is -2.30. The summed E-state index contributed by atoms with van der Waals surface area (Å²) in [5.74, 6) is 1.10. The smallest absolute Gasteiger partial charge is 0.220 e. The Morgan fingerprint density at radius 2 is 1.78 bits per heavy atom. The predicted octanol–water partition coefficient (Wildman–Crippen LogP) is 3.66. The molecule has 0 unspecified atom stereocenters. The number of nitrogens with zero attached hydrogens (tertiary/aromatic N) is 5. The van der Waals surface area contributed by atoms with Crippen LogP contribution in [0, 0.1) is 5.82 Å². The summed E-state index contributed by atoms with van der Waals surface area (Å²) in [5, 5.41) is 11.7. The fourth-order valence-electron chi connectivity index (χ4n) is 4.26. The number of aromatic nitrogens is 4. The molecule has 4 aromatic rings. The highest BCUT2D eigenvalue weighted by Crippen LogP contribution is 2.27. The Bertz CT molecular complexity index is 1260. The number of para-hydroxylation sites is 2. The van der Waals surface area contributed by atoms with Gasteiger partial charge in [-0.25, -0.2) is 9.37 Å². The van der Waals surface area contributed by atoms with Crippen LogP contribution < -0.4 is 10.2 Å². The van der Waals surface area contributed by atoms with E-state index in [0.717, 1.165) is 54.3 Å². The number of aryl methyl sites for hydroxylation is 1. The van der Waals surface area contributed by atoms with E-state index in [4.69, 9.17) is 4.98 Å². The minimum absolute atomic E-state index is 0.153. The second-order valence-electron chi connectivity index (χ2n) is 8.12. The van der Waals surface area contributed by atoms with Gasteiger partial charge in [0.25, 0.3) is 0 Å². The number of hydrogen-bond donors (Lipinski definition) is 1. The van der Waals surface area contributed by atoms with Crippen molar-refractivity contribution in [3.63, 3.8) is 0 Å². The average molecular weight is 433 g/mol. The molecule has 1 saturated heterocycles. The molecule has 2 aromatic carbocycles. The molecular formula is C24H25FN6O. The van der Waals surface area contributed by atoms with Crippen molar-refractivity contribution in [2.45, 2.75) is 38.6 Å². The number of carbonyl (C=O) groups is 1. The number of nitrogens with one attached hydrogen (secondary N) is 1. The fraction of sp³-hybridized carbons (Fsp3) is 0.333. The van der Waals surface area contributed by atoms with E-state index >= 15 is 0 Å². The highest BCUT2D eigenvalue weighted by molar-refractivity contribution is 5.83. The standard InChI is InChI=1S/C24H25FN6O/c25-18-9-3-2-8-17(18)16-26-22(32)13-12-21-28-29-24-23(30-14-6-1-7-15-30)27-19-10-4-5-11-20(19)31(21)24/h2-5,8-11H,1,6-7,12-16H2,(H,26,32). The number of halogens is 1. The van der Waals surface area contributed by atoms with Crippen molar-refractivity contribution < 1.29 is 9.18 Å². The highest BCUT2D eigenvalue weighted by atomic mass is 19.1. The van der Waals surface area contributed by atoms with Crippen molar-refractivity contribution in [2.75, 3.05) is 18.0 Å². The number of rotatable bonds is 6.